The molecule has 0 radical (unpaired) electrons. The molecule has 0 fully saturated rings. The van der Waals surface area contributed by atoms with Crippen molar-refractivity contribution in [3.8, 4) is 0 Å². The van der Waals surface area contributed by atoms with Crippen LogP contribution in [0.5, 0.6) is 0 Å². The molecule has 2 rings (SSSR count). The lowest BCUT2D eigenvalue weighted by molar-refractivity contribution is 0.743. The Morgan fingerprint density at radius 1 is 1.35 bits per heavy atom. The molecule has 0 aliphatic rings. The van der Waals surface area contributed by atoms with E-state index in [1.165, 1.54) is 11.1 Å². The summed E-state index contributed by atoms with van der Waals surface area (Å²) in [5.74, 6) is 0.344. The molecule has 0 saturated carbocycles. The fourth-order valence-electron chi connectivity index (χ4n) is 2.01. The van der Waals surface area contributed by atoms with Crippen LogP contribution < -0.4 is 11.1 Å². The van der Waals surface area contributed by atoms with Crippen molar-refractivity contribution in [2.45, 2.75) is 20.4 Å². The molecule has 0 unspecified atom stereocenters. The van der Waals surface area contributed by atoms with Crippen LogP contribution in [0, 0.1) is 13.8 Å². The molecule has 1 aromatic heterocycles. The lowest BCUT2D eigenvalue weighted by Gasteiger charge is -2.07. The normalized spacial score (nSPS) is 11.7. The van der Waals surface area contributed by atoms with E-state index in [1.54, 1.807) is 10.9 Å². The maximum absolute atomic E-state index is 6.02. The molecule has 0 atom stereocenters. The molecule has 3 N–H and O–H groups in total. The standard InChI is InChI=1S/C14H18ClN5/c1-9-4-10(2)6-11(5-9)18-14(16)17-7-13-12(15)8-20(3)19-13/h4-6,8H,7H2,1-3H3,(H3,16,17,18). The SMILES string of the molecule is Cc1cc(C)cc(NC(N)=NCc2nn(C)cc2Cl)c1. The number of aromatic nitrogens is 2. The molecule has 0 bridgehead atoms. The Hall–Kier alpha value is -2.01. The van der Waals surface area contributed by atoms with Crippen LogP contribution in [0.2, 0.25) is 5.02 Å². The van der Waals surface area contributed by atoms with Crippen LogP contribution >= 0.6 is 11.6 Å². The molecular formula is C14H18ClN5. The van der Waals surface area contributed by atoms with Gasteiger partial charge in [0.25, 0.3) is 0 Å². The largest absolute Gasteiger partial charge is 0.370 e. The average molecular weight is 292 g/mol. The molecule has 6 heteroatoms. The van der Waals surface area contributed by atoms with E-state index >= 15 is 0 Å². The smallest absolute Gasteiger partial charge is 0.193 e. The second-order valence-electron chi connectivity index (χ2n) is 4.80. The van der Waals surface area contributed by atoms with Crippen molar-refractivity contribution in [3.63, 3.8) is 0 Å². The van der Waals surface area contributed by atoms with Gasteiger partial charge in [-0.2, -0.15) is 5.10 Å². The highest BCUT2D eigenvalue weighted by molar-refractivity contribution is 6.31. The van der Waals surface area contributed by atoms with E-state index in [0.717, 1.165) is 5.69 Å². The van der Waals surface area contributed by atoms with Crippen LogP contribution in [-0.2, 0) is 13.6 Å². The van der Waals surface area contributed by atoms with E-state index in [2.05, 4.69) is 21.5 Å². The zero-order valence-electron chi connectivity index (χ0n) is 11.8. The van der Waals surface area contributed by atoms with E-state index in [0.29, 0.717) is 23.2 Å². The quantitative estimate of drug-likeness (QED) is 0.675. The summed E-state index contributed by atoms with van der Waals surface area (Å²) in [5, 5.41) is 7.87. The van der Waals surface area contributed by atoms with Gasteiger partial charge in [-0.25, -0.2) is 4.99 Å². The molecule has 20 heavy (non-hydrogen) atoms. The number of aryl methyl sites for hydroxylation is 3. The summed E-state index contributed by atoms with van der Waals surface area (Å²) in [6.45, 7) is 4.43. The molecule has 0 aliphatic carbocycles. The highest BCUT2D eigenvalue weighted by Gasteiger charge is 2.04. The maximum atomic E-state index is 6.02. The molecule has 5 nitrogen and oxygen atoms in total. The van der Waals surface area contributed by atoms with Crippen molar-refractivity contribution in [2.24, 2.45) is 17.8 Å². The van der Waals surface area contributed by atoms with Crippen molar-refractivity contribution >= 4 is 23.2 Å². The number of anilines is 1. The summed E-state index contributed by atoms with van der Waals surface area (Å²) in [4.78, 5) is 4.25. The first-order chi connectivity index (χ1) is 9.44. The van der Waals surface area contributed by atoms with Crippen LogP contribution in [0.1, 0.15) is 16.8 Å². The lowest BCUT2D eigenvalue weighted by Crippen LogP contribution is -2.22. The van der Waals surface area contributed by atoms with Gasteiger partial charge in [-0.05, 0) is 37.1 Å². The Balaban J connectivity index is 2.05. The van der Waals surface area contributed by atoms with Crippen molar-refractivity contribution in [1.82, 2.24) is 9.78 Å². The first-order valence-electron chi connectivity index (χ1n) is 6.27. The van der Waals surface area contributed by atoms with Crippen molar-refractivity contribution in [3.05, 3.63) is 46.2 Å². The Kier molecular flexibility index (Phi) is 4.29. The number of nitrogens with two attached hydrogens (primary N) is 1. The predicted octanol–water partition coefficient (Wildman–Crippen LogP) is 2.62. The molecule has 0 saturated heterocycles. The summed E-state index contributed by atoms with van der Waals surface area (Å²) in [7, 11) is 1.82. The second kappa shape index (κ2) is 5.96. The lowest BCUT2D eigenvalue weighted by atomic mass is 10.1. The summed E-state index contributed by atoms with van der Waals surface area (Å²) < 4.78 is 1.65. The van der Waals surface area contributed by atoms with Gasteiger partial charge in [-0.1, -0.05) is 17.7 Å². The Bertz CT molecular complexity index is 625. The average Bonchev–Trinajstić information content (AvgIpc) is 2.64. The first kappa shape index (κ1) is 14.4. The van der Waals surface area contributed by atoms with Gasteiger partial charge in [0.15, 0.2) is 5.96 Å². The minimum Gasteiger partial charge on any atom is -0.370 e. The molecule has 0 spiro atoms. The molecular weight excluding hydrogens is 274 g/mol. The van der Waals surface area contributed by atoms with Gasteiger partial charge >= 0.3 is 0 Å². The highest BCUT2D eigenvalue weighted by atomic mass is 35.5. The molecule has 2 aromatic rings. The van der Waals surface area contributed by atoms with Gasteiger partial charge < -0.3 is 11.1 Å². The summed E-state index contributed by atoms with van der Waals surface area (Å²) in [5.41, 5.74) is 9.85. The summed E-state index contributed by atoms with van der Waals surface area (Å²) in [6.07, 6.45) is 1.74. The van der Waals surface area contributed by atoms with Crippen LogP contribution in [-0.4, -0.2) is 15.7 Å². The van der Waals surface area contributed by atoms with Gasteiger partial charge in [-0.3, -0.25) is 4.68 Å². The second-order valence-corrected chi connectivity index (χ2v) is 5.21. The minimum absolute atomic E-state index is 0.344. The number of rotatable bonds is 3. The van der Waals surface area contributed by atoms with Gasteiger partial charge in [0, 0.05) is 18.9 Å². The number of hydrogen-bond acceptors (Lipinski definition) is 2. The van der Waals surface area contributed by atoms with Crippen molar-refractivity contribution < 1.29 is 0 Å². The molecule has 1 aromatic carbocycles. The summed E-state index contributed by atoms with van der Waals surface area (Å²) in [6, 6.07) is 6.14. The fourth-order valence-corrected chi connectivity index (χ4v) is 2.25. The zero-order valence-corrected chi connectivity index (χ0v) is 12.6. The van der Waals surface area contributed by atoms with E-state index in [4.69, 9.17) is 17.3 Å². The van der Waals surface area contributed by atoms with Gasteiger partial charge in [0.2, 0.25) is 0 Å². The number of benzene rings is 1. The molecule has 1 heterocycles. The third-order valence-electron chi connectivity index (χ3n) is 2.75. The first-order valence-corrected chi connectivity index (χ1v) is 6.65. The topological polar surface area (TPSA) is 68.2 Å². The molecule has 0 aliphatic heterocycles. The van der Waals surface area contributed by atoms with Crippen LogP contribution in [0.3, 0.4) is 0 Å². The maximum Gasteiger partial charge on any atom is 0.193 e. The Labute approximate surface area is 123 Å². The Morgan fingerprint density at radius 2 is 2.00 bits per heavy atom. The predicted molar refractivity (Wildman–Crippen MR) is 83.1 cm³/mol. The van der Waals surface area contributed by atoms with Gasteiger partial charge in [0.1, 0.15) is 5.69 Å². The fraction of sp³-hybridized carbons (Fsp3) is 0.286. The van der Waals surface area contributed by atoms with E-state index in [-0.39, 0.29) is 0 Å². The number of nitrogens with zero attached hydrogens (tertiary/aromatic N) is 3. The highest BCUT2D eigenvalue weighted by Crippen LogP contribution is 2.15. The molecule has 0 amide bonds. The molecule has 106 valence electrons. The summed E-state index contributed by atoms with van der Waals surface area (Å²) >= 11 is 6.02. The number of nitrogens with one attached hydrogen (secondary N) is 1. The van der Waals surface area contributed by atoms with Crippen LogP contribution in [0.25, 0.3) is 0 Å². The van der Waals surface area contributed by atoms with Gasteiger partial charge in [0.05, 0.1) is 11.6 Å². The zero-order chi connectivity index (χ0) is 14.7. The van der Waals surface area contributed by atoms with Crippen molar-refractivity contribution in [2.75, 3.05) is 5.32 Å². The van der Waals surface area contributed by atoms with E-state index < -0.39 is 0 Å². The minimum atomic E-state index is 0.344. The number of guanidine groups is 1. The third kappa shape index (κ3) is 3.74. The van der Waals surface area contributed by atoms with Crippen molar-refractivity contribution in [1.29, 1.82) is 0 Å². The third-order valence-corrected chi connectivity index (χ3v) is 3.06. The monoisotopic (exact) mass is 291 g/mol. The van der Waals surface area contributed by atoms with E-state index in [9.17, 15) is 0 Å². The van der Waals surface area contributed by atoms with Gasteiger partial charge in [-0.15, -0.1) is 0 Å². The van der Waals surface area contributed by atoms with E-state index in [1.807, 2.05) is 33.0 Å². The van der Waals surface area contributed by atoms with Crippen LogP contribution in [0.15, 0.2) is 29.4 Å². The number of hydrogen-bond donors (Lipinski definition) is 2. The number of aliphatic imine (C=N–C) groups is 1. The number of halogens is 1. The van der Waals surface area contributed by atoms with Crippen LogP contribution in [0.4, 0.5) is 5.69 Å². The Morgan fingerprint density at radius 3 is 2.55 bits per heavy atom.